The molecule has 5 nitrogen and oxygen atoms in total. The van der Waals surface area contributed by atoms with Crippen LogP contribution in [0.25, 0.3) is 0 Å². The summed E-state index contributed by atoms with van der Waals surface area (Å²) in [5, 5.41) is 13.7. The Morgan fingerprint density at radius 3 is 2.84 bits per heavy atom. The van der Waals surface area contributed by atoms with Gasteiger partial charge >= 0.3 is 0 Å². The number of carbonyl (C=O) groups excluding carboxylic acids is 1. The van der Waals surface area contributed by atoms with Crippen molar-refractivity contribution >= 4 is 5.91 Å². The monoisotopic (exact) mass is 270 g/mol. The van der Waals surface area contributed by atoms with E-state index in [0.29, 0.717) is 44.9 Å². The molecule has 2 rings (SSSR count). The second kappa shape index (κ2) is 6.68. The van der Waals surface area contributed by atoms with Gasteiger partial charge in [0.05, 0.1) is 5.60 Å². The minimum atomic E-state index is -0.752. The molecule has 0 saturated carbocycles. The van der Waals surface area contributed by atoms with E-state index in [-0.39, 0.29) is 5.91 Å². The van der Waals surface area contributed by atoms with E-state index in [9.17, 15) is 9.90 Å². The predicted octanol–water partition coefficient (Wildman–Crippen LogP) is 0.376. The van der Waals surface area contributed by atoms with Crippen molar-refractivity contribution in [1.29, 1.82) is 0 Å². The van der Waals surface area contributed by atoms with Crippen molar-refractivity contribution in [2.24, 2.45) is 5.92 Å². The Balaban J connectivity index is 1.71. The molecule has 1 atom stereocenters. The highest BCUT2D eigenvalue weighted by molar-refractivity contribution is 5.75. The van der Waals surface area contributed by atoms with E-state index in [1.54, 1.807) is 11.9 Å². The van der Waals surface area contributed by atoms with Crippen molar-refractivity contribution in [3.8, 4) is 0 Å². The van der Waals surface area contributed by atoms with E-state index in [2.05, 4.69) is 5.32 Å². The van der Waals surface area contributed by atoms with Crippen molar-refractivity contribution in [3.63, 3.8) is 0 Å². The third-order valence-electron chi connectivity index (χ3n) is 4.31. The van der Waals surface area contributed by atoms with Gasteiger partial charge in [-0.2, -0.15) is 0 Å². The molecule has 2 aliphatic rings. The summed E-state index contributed by atoms with van der Waals surface area (Å²) < 4.78 is 5.25. The van der Waals surface area contributed by atoms with E-state index in [1.807, 2.05) is 0 Å². The lowest BCUT2D eigenvalue weighted by Crippen LogP contribution is -2.47. The quantitative estimate of drug-likeness (QED) is 0.758. The number of aliphatic hydroxyl groups is 1. The third-order valence-corrected chi connectivity index (χ3v) is 4.31. The van der Waals surface area contributed by atoms with Gasteiger partial charge < -0.3 is 20.1 Å². The summed E-state index contributed by atoms with van der Waals surface area (Å²) in [6, 6.07) is 0. The number of hydrogen-bond donors (Lipinski definition) is 2. The van der Waals surface area contributed by atoms with Gasteiger partial charge in [0.15, 0.2) is 0 Å². The number of carbonyl (C=O) groups is 1. The number of ether oxygens (including phenoxy) is 1. The Morgan fingerprint density at radius 1 is 1.47 bits per heavy atom. The molecule has 1 unspecified atom stereocenters. The van der Waals surface area contributed by atoms with E-state index in [4.69, 9.17) is 4.74 Å². The van der Waals surface area contributed by atoms with Gasteiger partial charge in [-0.1, -0.05) is 0 Å². The van der Waals surface area contributed by atoms with Crippen molar-refractivity contribution in [2.75, 3.05) is 39.9 Å². The van der Waals surface area contributed by atoms with Crippen LogP contribution in [0.2, 0.25) is 0 Å². The molecule has 0 aromatic rings. The average Bonchev–Trinajstić information content (AvgIpc) is 2.89. The zero-order valence-electron chi connectivity index (χ0n) is 11.9. The summed E-state index contributed by atoms with van der Waals surface area (Å²) >= 11 is 0. The Bertz CT molecular complexity index is 297. The van der Waals surface area contributed by atoms with Gasteiger partial charge in [0.25, 0.3) is 0 Å². The normalized spacial score (nSPS) is 26.3. The summed E-state index contributed by atoms with van der Waals surface area (Å²) in [5.74, 6) is 0.787. The third kappa shape index (κ3) is 4.44. The molecule has 0 aliphatic carbocycles. The number of rotatable bonds is 5. The molecule has 5 heteroatoms. The van der Waals surface area contributed by atoms with Gasteiger partial charge in [-0.25, -0.2) is 0 Å². The van der Waals surface area contributed by atoms with Crippen LogP contribution in [0, 0.1) is 5.92 Å². The number of amides is 1. The molecule has 0 aromatic carbocycles. The van der Waals surface area contributed by atoms with Crippen LogP contribution in [0.4, 0.5) is 0 Å². The van der Waals surface area contributed by atoms with Crippen LogP contribution < -0.4 is 5.32 Å². The summed E-state index contributed by atoms with van der Waals surface area (Å²) in [6.07, 6.45) is 3.97. The van der Waals surface area contributed by atoms with E-state index < -0.39 is 5.60 Å². The van der Waals surface area contributed by atoms with Crippen molar-refractivity contribution < 1.29 is 14.6 Å². The Kier molecular flexibility index (Phi) is 5.19. The number of nitrogens with zero attached hydrogens (tertiary/aromatic N) is 1. The van der Waals surface area contributed by atoms with Crippen LogP contribution in [-0.4, -0.2) is 61.4 Å². The fourth-order valence-electron chi connectivity index (χ4n) is 2.92. The number of nitrogens with one attached hydrogen (secondary N) is 1. The van der Waals surface area contributed by atoms with E-state index >= 15 is 0 Å². The average molecular weight is 270 g/mol. The van der Waals surface area contributed by atoms with Gasteiger partial charge in [0, 0.05) is 46.1 Å². The molecule has 19 heavy (non-hydrogen) atoms. The largest absolute Gasteiger partial charge is 0.388 e. The van der Waals surface area contributed by atoms with Gasteiger partial charge in [0.2, 0.25) is 5.91 Å². The summed E-state index contributed by atoms with van der Waals surface area (Å²) in [6.45, 7) is 3.73. The smallest absolute Gasteiger partial charge is 0.222 e. The summed E-state index contributed by atoms with van der Waals surface area (Å²) in [7, 11) is 1.79. The topological polar surface area (TPSA) is 61.8 Å². The zero-order valence-corrected chi connectivity index (χ0v) is 11.9. The molecule has 0 aromatic heterocycles. The van der Waals surface area contributed by atoms with Gasteiger partial charge in [-0.3, -0.25) is 4.79 Å². The molecule has 2 N–H and O–H groups in total. The molecular formula is C14H26N2O3. The van der Waals surface area contributed by atoms with Gasteiger partial charge in [0.1, 0.15) is 0 Å². The molecule has 110 valence electrons. The van der Waals surface area contributed by atoms with Gasteiger partial charge in [-0.05, 0) is 31.8 Å². The lowest BCUT2D eigenvalue weighted by Gasteiger charge is -2.35. The Labute approximate surface area is 115 Å². The molecule has 0 bridgehead atoms. The lowest BCUT2D eigenvalue weighted by molar-refractivity contribution is -0.137. The first-order valence-corrected chi connectivity index (χ1v) is 7.34. The van der Waals surface area contributed by atoms with Crippen molar-refractivity contribution in [1.82, 2.24) is 10.2 Å². The lowest BCUT2D eigenvalue weighted by atomic mass is 9.93. The molecule has 2 aliphatic heterocycles. The van der Waals surface area contributed by atoms with Crippen LogP contribution in [0.3, 0.4) is 0 Å². The zero-order chi connectivity index (χ0) is 13.7. The first-order chi connectivity index (χ1) is 9.09. The minimum absolute atomic E-state index is 0.145. The molecule has 2 fully saturated rings. The van der Waals surface area contributed by atoms with Crippen LogP contribution >= 0.6 is 0 Å². The highest BCUT2D eigenvalue weighted by Gasteiger charge is 2.32. The SMILES string of the molecule is CN(CC1(O)CCOCC1)C(=O)CCC1CCNC1. The Morgan fingerprint density at radius 2 is 2.21 bits per heavy atom. The minimum Gasteiger partial charge on any atom is -0.388 e. The Hall–Kier alpha value is -0.650. The fourth-order valence-corrected chi connectivity index (χ4v) is 2.92. The molecule has 2 heterocycles. The van der Waals surface area contributed by atoms with E-state index in [1.165, 1.54) is 6.42 Å². The van der Waals surface area contributed by atoms with Gasteiger partial charge in [-0.15, -0.1) is 0 Å². The second-order valence-electron chi connectivity index (χ2n) is 5.98. The number of likely N-dealkylation sites (N-methyl/N-ethyl adjacent to an activating group) is 1. The maximum atomic E-state index is 12.1. The molecule has 0 radical (unpaired) electrons. The summed E-state index contributed by atoms with van der Waals surface area (Å²) in [4.78, 5) is 13.8. The number of hydrogen-bond acceptors (Lipinski definition) is 4. The van der Waals surface area contributed by atoms with E-state index in [0.717, 1.165) is 19.5 Å². The first kappa shape index (κ1) is 14.8. The summed E-state index contributed by atoms with van der Waals surface area (Å²) in [5.41, 5.74) is -0.752. The highest BCUT2D eigenvalue weighted by Crippen LogP contribution is 2.22. The van der Waals surface area contributed by atoms with Crippen LogP contribution in [0.1, 0.15) is 32.1 Å². The van der Waals surface area contributed by atoms with Crippen LogP contribution in [-0.2, 0) is 9.53 Å². The fraction of sp³-hybridized carbons (Fsp3) is 0.929. The molecule has 1 amide bonds. The van der Waals surface area contributed by atoms with Crippen molar-refractivity contribution in [3.05, 3.63) is 0 Å². The molecule has 0 spiro atoms. The first-order valence-electron chi connectivity index (χ1n) is 7.34. The predicted molar refractivity (Wildman–Crippen MR) is 72.9 cm³/mol. The maximum Gasteiger partial charge on any atom is 0.222 e. The molecule has 2 saturated heterocycles. The van der Waals surface area contributed by atoms with Crippen LogP contribution in [0.5, 0.6) is 0 Å². The van der Waals surface area contributed by atoms with Crippen molar-refractivity contribution in [2.45, 2.75) is 37.7 Å². The maximum absolute atomic E-state index is 12.1. The highest BCUT2D eigenvalue weighted by atomic mass is 16.5. The van der Waals surface area contributed by atoms with Crippen LogP contribution in [0.15, 0.2) is 0 Å². The molecular weight excluding hydrogens is 244 g/mol. The standard InChI is InChI=1S/C14H26N2O3/c1-16(11-14(18)5-8-19-9-6-14)13(17)3-2-12-4-7-15-10-12/h12,15,18H,2-11H2,1H3. The second-order valence-corrected chi connectivity index (χ2v) is 5.98.